The van der Waals surface area contributed by atoms with Crippen molar-refractivity contribution < 1.29 is 14.3 Å². The molecule has 0 fully saturated rings. The first-order valence-electron chi connectivity index (χ1n) is 7.06. The highest BCUT2D eigenvalue weighted by molar-refractivity contribution is 9.10. The fourth-order valence-corrected chi connectivity index (χ4v) is 2.38. The first-order valence-corrected chi connectivity index (χ1v) is 7.85. The van der Waals surface area contributed by atoms with Crippen molar-refractivity contribution in [2.75, 3.05) is 19.7 Å². The molecule has 1 aromatic carbocycles. The lowest BCUT2D eigenvalue weighted by Gasteiger charge is -2.24. The number of aryl methyl sites for hydroxylation is 1. The van der Waals surface area contributed by atoms with E-state index in [0.29, 0.717) is 18.7 Å². The average Bonchev–Trinajstić information content (AvgIpc) is 2.39. The van der Waals surface area contributed by atoms with E-state index in [1.165, 1.54) is 0 Å². The van der Waals surface area contributed by atoms with Crippen molar-refractivity contribution in [3.05, 3.63) is 33.8 Å². The van der Waals surface area contributed by atoms with Crippen molar-refractivity contribution in [3.8, 4) is 0 Å². The van der Waals surface area contributed by atoms with Gasteiger partial charge in [-0.25, -0.2) is 0 Å². The number of amides is 1. The topological polar surface area (TPSA) is 46.6 Å². The molecule has 0 aromatic heterocycles. The van der Waals surface area contributed by atoms with Crippen LogP contribution in [0.2, 0.25) is 0 Å². The second kappa shape index (κ2) is 8.17. The van der Waals surface area contributed by atoms with Gasteiger partial charge in [-0.15, -0.1) is 0 Å². The summed E-state index contributed by atoms with van der Waals surface area (Å²) in [5.74, 6) is -0.245. The first kappa shape index (κ1) is 17.7. The molecule has 4 nitrogen and oxygen atoms in total. The van der Waals surface area contributed by atoms with E-state index < -0.39 is 0 Å². The monoisotopic (exact) mass is 355 g/mol. The minimum atomic E-state index is -0.376. The highest BCUT2D eigenvalue weighted by Gasteiger charge is 2.22. The minimum Gasteiger partial charge on any atom is -0.465 e. The largest absolute Gasteiger partial charge is 0.465 e. The second-order valence-corrected chi connectivity index (χ2v) is 6.26. The van der Waals surface area contributed by atoms with Gasteiger partial charge in [-0.2, -0.15) is 0 Å². The third-order valence-electron chi connectivity index (χ3n) is 2.93. The van der Waals surface area contributed by atoms with Crippen LogP contribution in [0.15, 0.2) is 22.7 Å². The zero-order valence-corrected chi connectivity index (χ0v) is 14.6. The van der Waals surface area contributed by atoms with E-state index in [1.807, 2.05) is 32.9 Å². The van der Waals surface area contributed by atoms with Crippen molar-refractivity contribution in [3.63, 3.8) is 0 Å². The lowest BCUT2D eigenvalue weighted by molar-refractivity contribution is -0.143. The standard InChI is InChI=1S/C16H22BrNO3/c1-5-21-15(19)10-18(9-11(2)3)16(20)14-8-13(17)7-6-12(14)4/h6-8,11H,5,9-10H2,1-4H3. The number of hydrogen-bond acceptors (Lipinski definition) is 3. The molecule has 0 spiro atoms. The fraction of sp³-hybridized carbons (Fsp3) is 0.500. The van der Waals surface area contributed by atoms with Gasteiger partial charge in [0.2, 0.25) is 0 Å². The normalized spacial score (nSPS) is 10.6. The number of hydrogen-bond donors (Lipinski definition) is 0. The van der Waals surface area contributed by atoms with Crippen molar-refractivity contribution in [2.24, 2.45) is 5.92 Å². The van der Waals surface area contributed by atoms with Gasteiger partial charge in [0.25, 0.3) is 5.91 Å². The number of carbonyl (C=O) groups excluding carboxylic acids is 2. The molecule has 0 radical (unpaired) electrons. The maximum Gasteiger partial charge on any atom is 0.325 e. The molecule has 0 bridgehead atoms. The highest BCUT2D eigenvalue weighted by atomic mass is 79.9. The van der Waals surface area contributed by atoms with Gasteiger partial charge in [-0.05, 0) is 37.5 Å². The Morgan fingerprint density at radius 3 is 2.57 bits per heavy atom. The summed E-state index contributed by atoms with van der Waals surface area (Å²) >= 11 is 3.38. The predicted molar refractivity (Wildman–Crippen MR) is 86.3 cm³/mol. The zero-order chi connectivity index (χ0) is 16.0. The quantitative estimate of drug-likeness (QED) is 0.734. The molecule has 0 unspecified atom stereocenters. The van der Waals surface area contributed by atoms with Crippen LogP contribution in [0.5, 0.6) is 0 Å². The molecule has 21 heavy (non-hydrogen) atoms. The molecule has 0 N–H and O–H groups in total. The Kier molecular flexibility index (Phi) is 6.89. The summed E-state index contributed by atoms with van der Waals surface area (Å²) in [5.41, 5.74) is 1.50. The molecule has 5 heteroatoms. The van der Waals surface area contributed by atoms with Gasteiger partial charge >= 0.3 is 5.97 Å². The molecular formula is C16H22BrNO3. The fourth-order valence-electron chi connectivity index (χ4n) is 2.02. The molecule has 0 saturated carbocycles. The van der Waals surface area contributed by atoms with Crippen LogP contribution in [-0.4, -0.2) is 36.5 Å². The second-order valence-electron chi connectivity index (χ2n) is 5.34. The third-order valence-corrected chi connectivity index (χ3v) is 3.42. The number of rotatable bonds is 6. The highest BCUT2D eigenvalue weighted by Crippen LogP contribution is 2.18. The van der Waals surface area contributed by atoms with Gasteiger partial charge in [-0.3, -0.25) is 9.59 Å². The van der Waals surface area contributed by atoms with Gasteiger partial charge < -0.3 is 9.64 Å². The molecule has 116 valence electrons. The lowest BCUT2D eigenvalue weighted by atomic mass is 10.1. The van der Waals surface area contributed by atoms with Crippen molar-refractivity contribution in [1.82, 2.24) is 4.90 Å². The van der Waals surface area contributed by atoms with Crippen LogP contribution < -0.4 is 0 Å². The van der Waals surface area contributed by atoms with Crippen molar-refractivity contribution >= 4 is 27.8 Å². The van der Waals surface area contributed by atoms with E-state index in [-0.39, 0.29) is 24.3 Å². The summed E-state index contributed by atoms with van der Waals surface area (Å²) < 4.78 is 5.80. The summed E-state index contributed by atoms with van der Waals surface area (Å²) in [6.07, 6.45) is 0. The summed E-state index contributed by atoms with van der Waals surface area (Å²) in [5, 5.41) is 0. The van der Waals surface area contributed by atoms with E-state index >= 15 is 0 Å². The van der Waals surface area contributed by atoms with Crippen molar-refractivity contribution in [2.45, 2.75) is 27.7 Å². The summed E-state index contributed by atoms with van der Waals surface area (Å²) in [6.45, 7) is 8.49. The predicted octanol–water partition coefficient (Wildman–Crippen LogP) is 3.42. The maximum atomic E-state index is 12.7. The summed E-state index contributed by atoms with van der Waals surface area (Å²) in [4.78, 5) is 25.9. The Morgan fingerprint density at radius 2 is 2.00 bits per heavy atom. The molecule has 1 amide bonds. The van der Waals surface area contributed by atoms with E-state index in [0.717, 1.165) is 10.0 Å². The van der Waals surface area contributed by atoms with E-state index in [2.05, 4.69) is 15.9 Å². The molecule has 0 saturated heterocycles. The number of nitrogens with zero attached hydrogens (tertiary/aromatic N) is 1. The van der Waals surface area contributed by atoms with E-state index in [9.17, 15) is 9.59 Å². The van der Waals surface area contributed by atoms with Gasteiger partial charge in [0.1, 0.15) is 6.54 Å². The number of ether oxygens (including phenoxy) is 1. The molecular weight excluding hydrogens is 334 g/mol. The molecule has 1 aromatic rings. The third kappa shape index (κ3) is 5.50. The molecule has 0 aliphatic carbocycles. The molecule has 0 heterocycles. The maximum absolute atomic E-state index is 12.7. The first-order chi connectivity index (χ1) is 9.85. The number of halogens is 1. The van der Waals surface area contributed by atoms with Crippen molar-refractivity contribution in [1.29, 1.82) is 0 Å². The Hall–Kier alpha value is -1.36. The van der Waals surface area contributed by atoms with Gasteiger partial charge in [0, 0.05) is 16.6 Å². The molecule has 1 rings (SSSR count). The SMILES string of the molecule is CCOC(=O)CN(CC(C)C)C(=O)c1cc(Br)ccc1C. The van der Waals surface area contributed by atoms with E-state index in [1.54, 1.807) is 17.9 Å². The Labute approximate surface area is 134 Å². The van der Waals surface area contributed by atoms with Crippen LogP contribution >= 0.6 is 15.9 Å². The smallest absolute Gasteiger partial charge is 0.325 e. The number of carbonyl (C=O) groups is 2. The minimum absolute atomic E-state index is 0.0171. The molecule has 0 aliphatic heterocycles. The van der Waals surface area contributed by atoms with Crippen LogP contribution in [0, 0.1) is 12.8 Å². The summed E-state index contributed by atoms with van der Waals surface area (Å²) in [7, 11) is 0. The average molecular weight is 356 g/mol. The van der Waals surface area contributed by atoms with Crippen LogP contribution in [0.1, 0.15) is 36.7 Å². The molecule has 0 aliphatic rings. The van der Waals surface area contributed by atoms with Crippen LogP contribution in [0.4, 0.5) is 0 Å². The molecule has 0 atom stereocenters. The van der Waals surface area contributed by atoms with E-state index in [4.69, 9.17) is 4.74 Å². The Balaban J connectivity index is 2.98. The summed E-state index contributed by atoms with van der Waals surface area (Å²) in [6, 6.07) is 5.57. The van der Waals surface area contributed by atoms with Crippen LogP contribution in [0.25, 0.3) is 0 Å². The zero-order valence-electron chi connectivity index (χ0n) is 13.0. The van der Waals surface area contributed by atoms with Gasteiger partial charge in [0.15, 0.2) is 0 Å². The Morgan fingerprint density at radius 1 is 1.33 bits per heavy atom. The van der Waals surface area contributed by atoms with Gasteiger partial charge in [-0.1, -0.05) is 35.8 Å². The van der Waals surface area contributed by atoms with Crippen LogP contribution in [-0.2, 0) is 9.53 Å². The lowest BCUT2D eigenvalue weighted by Crippen LogP contribution is -2.39. The van der Waals surface area contributed by atoms with Gasteiger partial charge in [0.05, 0.1) is 6.61 Å². The number of esters is 1. The Bertz CT molecular complexity index is 514. The van der Waals surface area contributed by atoms with Crippen LogP contribution in [0.3, 0.4) is 0 Å². The number of benzene rings is 1.